The van der Waals surface area contributed by atoms with Crippen LogP contribution in [-0.2, 0) is 4.79 Å². The molecule has 0 fully saturated rings. The lowest BCUT2D eigenvalue weighted by molar-refractivity contribution is -0.113. The Labute approximate surface area is 198 Å². The molecule has 32 heavy (non-hydrogen) atoms. The summed E-state index contributed by atoms with van der Waals surface area (Å²) in [5.74, 6) is 0.246. The van der Waals surface area contributed by atoms with Crippen LogP contribution in [0.3, 0.4) is 0 Å². The Balaban J connectivity index is 1.71. The van der Waals surface area contributed by atoms with Crippen LogP contribution >= 0.6 is 35.0 Å². The highest BCUT2D eigenvalue weighted by atomic mass is 35.5. The van der Waals surface area contributed by atoms with Gasteiger partial charge in [-0.1, -0.05) is 59.2 Å². The van der Waals surface area contributed by atoms with Crippen LogP contribution in [0.5, 0.6) is 5.75 Å². The summed E-state index contributed by atoms with van der Waals surface area (Å²) in [5.41, 5.74) is 1.33. The van der Waals surface area contributed by atoms with Crippen molar-refractivity contribution in [2.24, 2.45) is 0 Å². The molecule has 1 aromatic heterocycles. The van der Waals surface area contributed by atoms with Crippen LogP contribution in [0.4, 0.5) is 5.69 Å². The Morgan fingerprint density at radius 1 is 1.06 bits per heavy atom. The Hall–Kier alpha value is -3.00. The number of carbonyl (C=O) groups is 1. The number of amides is 1. The highest BCUT2D eigenvalue weighted by molar-refractivity contribution is 7.99. The molecule has 1 heterocycles. The molecule has 4 aromatic rings. The SMILES string of the molecule is COc1ccc(-n2c(SCC(=O)Nc3ccccc3Cl)nc3ccccc3c2=O)cc1Cl. The first-order valence-corrected chi connectivity index (χ1v) is 11.2. The van der Waals surface area contributed by atoms with Gasteiger partial charge >= 0.3 is 0 Å². The number of thioether (sulfide) groups is 1. The van der Waals surface area contributed by atoms with E-state index in [1.807, 2.05) is 6.07 Å². The van der Waals surface area contributed by atoms with Gasteiger partial charge < -0.3 is 10.1 Å². The minimum atomic E-state index is -0.273. The second kappa shape index (κ2) is 9.65. The number of fused-ring (bicyclic) bond motifs is 1. The quantitative estimate of drug-likeness (QED) is 0.291. The predicted molar refractivity (Wildman–Crippen MR) is 130 cm³/mol. The molecular weight excluding hydrogens is 469 g/mol. The largest absolute Gasteiger partial charge is 0.495 e. The first-order valence-electron chi connectivity index (χ1n) is 9.51. The Morgan fingerprint density at radius 3 is 2.56 bits per heavy atom. The van der Waals surface area contributed by atoms with Crippen LogP contribution in [0.2, 0.25) is 10.0 Å². The van der Waals surface area contributed by atoms with E-state index in [1.54, 1.807) is 60.7 Å². The fourth-order valence-corrected chi connectivity index (χ4v) is 4.36. The molecule has 0 unspecified atom stereocenters. The van der Waals surface area contributed by atoms with E-state index in [9.17, 15) is 9.59 Å². The van der Waals surface area contributed by atoms with Crippen molar-refractivity contribution in [3.8, 4) is 11.4 Å². The monoisotopic (exact) mass is 485 g/mol. The molecule has 3 aromatic carbocycles. The summed E-state index contributed by atoms with van der Waals surface area (Å²) in [6.07, 6.45) is 0. The molecule has 0 spiro atoms. The number of anilines is 1. The molecule has 1 amide bonds. The summed E-state index contributed by atoms with van der Waals surface area (Å²) in [7, 11) is 1.52. The number of halogens is 2. The molecule has 0 bridgehead atoms. The number of nitrogens with zero attached hydrogens (tertiary/aromatic N) is 2. The minimum absolute atomic E-state index is 0.0277. The van der Waals surface area contributed by atoms with Crippen molar-refractivity contribution in [1.82, 2.24) is 9.55 Å². The van der Waals surface area contributed by atoms with Crippen molar-refractivity contribution in [2.75, 3.05) is 18.2 Å². The Morgan fingerprint density at radius 2 is 1.81 bits per heavy atom. The van der Waals surface area contributed by atoms with Crippen LogP contribution in [0.15, 0.2) is 76.7 Å². The van der Waals surface area contributed by atoms with Gasteiger partial charge in [0.1, 0.15) is 5.75 Å². The third-order valence-corrected chi connectivity index (χ3v) is 6.18. The standard InChI is InChI=1S/C23H17Cl2N3O3S/c1-31-20-11-10-14(12-17(20)25)28-22(30)15-6-2-4-8-18(15)27-23(28)32-13-21(29)26-19-9-5-3-7-16(19)24/h2-12H,13H2,1H3,(H,26,29). The van der Waals surface area contributed by atoms with Gasteiger partial charge in [0, 0.05) is 0 Å². The van der Waals surface area contributed by atoms with Gasteiger partial charge in [-0.15, -0.1) is 0 Å². The summed E-state index contributed by atoms with van der Waals surface area (Å²) in [6, 6.07) is 19.1. The van der Waals surface area contributed by atoms with E-state index < -0.39 is 0 Å². The highest BCUT2D eigenvalue weighted by Crippen LogP contribution is 2.29. The number of hydrogen-bond acceptors (Lipinski definition) is 5. The maximum atomic E-state index is 13.3. The number of carbonyl (C=O) groups excluding carboxylic acids is 1. The van der Waals surface area contributed by atoms with Gasteiger partial charge in [-0.05, 0) is 42.5 Å². The zero-order valence-electron chi connectivity index (χ0n) is 16.8. The topological polar surface area (TPSA) is 73.2 Å². The molecule has 4 rings (SSSR count). The van der Waals surface area contributed by atoms with Gasteiger partial charge in [0.15, 0.2) is 5.16 Å². The average Bonchev–Trinajstić information content (AvgIpc) is 2.79. The maximum Gasteiger partial charge on any atom is 0.266 e. The van der Waals surface area contributed by atoms with Gasteiger partial charge in [0.05, 0.1) is 45.2 Å². The van der Waals surface area contributed by atoms with Crippen LogP contribution in [0, 0.1) is 0 Å². The Bertz CT molecular complexity index is 1370. The third kappa shape index (κ3) is 4.60. The third-order valence-electron chi connectivity index (χ3n) is 4.62. The van der Waals surface area contributed by atoms with Crippen LogP contribution < -0.4 is 15.6 Å². The number of aromatic nitrogens is 2. The van der Waals surface area contributed by atoms with E-state index in [0.29, 0.717) is 43.2 Å². The van der Waals surface area contributed by atoms with Gasteiger partial charge in [-0.25, -0.2) is 4.98 Å². The zero-order valence-corrected chi connectivity index (χ0v) is 19.2. The lowest BCUT2D eigenvalue weighted by Crippen LogP contribution is -2.23. The number of ether oxygens (including phenoxy) is 1. The molecule has 0 saturated heterocycles. The first-order chi connectivity index (χ1) is 15.5. The fraction of sp³-hybridized carbons (Fsp3) is 0.0870. The number of methoxy groups -OCH3 is 1. The summed E-state index contributed by atoms with van der Waals surface area (Å²) in [4.78, 5) is 30.5. The maximum absolute atomic E-state index is 13.3. The molecular formula is C23H17Cl2N3O3S. The summed E-state index contributed by atoms with van der Waals surface area (Å²) >= 11 is 13.5. The summed E-state index contributed by atoms with van der Waals surface area (Å²) in [6.45, 7) is 0. The molecule has 162 valence electrons. The summed E-state index contributed by atoms with van der Waals surface area (Å²) < 4.78 is 6.65. The van der Waals surface area contributed by atoms with E-state index >= 15 is 0 Å². The second-order valence-electron chi connectivity index (χ2n) is 6.69. The van der Waals surface area contributed by atoms with Gasteiger partial charge in [0.25, 0.3) is 5.56 Å². The molecule has 0 aliphatic heterocycles. The molecule has 6 nitrogen and oxygen atoms in total. The minimum Gasteiger partial charge on any atom is -0.495 e. The molecule has 1 N–H and O–H groups in total. The lowest BCUT2D eigenvalue weighted by atomic mass is 10.2. The molecule has 9 heteroatoms. The van der Waals surface area contributed by atoms with Gasteiger partial charge in [0.2, 0.25) is 5.91 Å². The zero-order chi connectivity index (χ0) is 22.7. The smallest absolute Gasteiger partial charge is 0.266 e. The van der Waals surface area contributed by atoms with E-state index in [4.69, 9.17) is 27.9 Å². The van der Waals surface area contributed by atoms with Crippen LogP contribution in [-0.4, -0.2) is 28.3 Å². The van der Waals surface area contributed by atoms with Crippen molar-refractivity contribution in [3.05, 3.63) is 87.1 Å². The number of benzene rings is 3. The summed E-state index contributed by atoms with van der Waals surface area (Å²) in [5, 5.41) is 4.40. The van der Waals surface area contributed by atoms with E-state index in [0.717, 1.165) is 11.8 Å². The first kappa shape index (κ1) is 22.2. The van der Waals surface area contributed by atoms with Gasteiger partial charge in [-0.2, -0.15) is 0 Å². The van der Waals surface area contributed by atoms with Crippen molar-refractivity contribution in [3.63, 3.8) is 0 Å². The average molecular weight is 486 g/mol. The van der Waals surface area contributed by atoms with Crippen LogP contribution in [0.1, 0.15) is 0 Å². The number of hydrogen-bond donors (Lipinski definition) is 1. The normalized spacial score (nSPS) is 10.8. The second-order valence-corrected chi connectivity index (χ2v) is 8.44. The highest BCUT2D eigenvalue weighted by Gasteiger charge is 2.16. The van der Waals surface area contributed by atoms with E-state index in [2.05, 4.69) is 10.3 Å². The fourth-order valence-electron chi connectivity index (χ4n) is 3.11. The number of nitrogens with one attached hydrogen (secondary N) is 1. The van der Waals surface area contributed by atoms with Gasteiger partial charge in [-0.3, -0.25) is 14.2 Å². The van der Waals surface area contributed by atoms with Crippen molar-refractivity contribution in [1.29, 1.82) is 0 Å². The van der Waals surface area contributed by atoms with E-state index in [1.165, 1.54) is 11.7 Å². The Kier molecular flexibility index (Phi) is 6.69. The van der Waals surface area contributed by atoms with Crippen LogP contribution in [0.25, 0.3) is 16.6 Å². The van der Waals surface area contributed by atoms with Crippen molar-refractivity contribution >= 4 is 57.5 Å². The van der Waals surface area contributed by atoms with Crippen molar-refractivity contribution < 1.29 is 9.53 Å². The number of para-hydroxylation sites is 2. The molecule has 0 aliphatic carbocycles. The molecule has 0 atom stereocenters. The molecule has 0 saturated carbocycles. The lowest BCUT2D eigenvalue weighted by Gasteiger charge is -2.14. The predicted octanol–water partition coefficient (Wildman–Crippen LogP) is 5.43. The number of rotatable bonds is 6. The molecule has 0 radical (unpaired) electrons. The van der Waals surface area contributed by atoms with Crippen molar-refractivity contribution in [2.45, 2.75) is 5.16 Å². The molecule has 0 aliphatic rings. The van der Waals surface area contributed by atoms with E-state index in [-0.39, 0.29) is 17.2 Å².